The van der Waals surface area contributed by atoms with Gasteiger partial charge < -0.3 is 41.9 Å². The van der Waals surface area contributed by atoms with Crippen molar-refractivity contribution in [2.24, 2.45) is 5.92 Å². The highest BCUT2D eigenvalue weighted by molar-refractivity contribution is 5.99. The number of hydrogen-bond donors (Lipinski definition) is 7. The summed E-state index contributed by atoms with van der Waals surface area (Å²) in [6.07, 6.45) is 3.52. The summed E-state index contributed by atoms with van der Waals surface area (Å²) < 4.78 is 0. The number of fused-ring (bicyclic) bond motifs is 1. The van der Waals surface area contributed by atoms with Gasteiger partial charge in [0.15, 0.2) is 5.54 Å². The van der Waals surface area contributed by atoms with Crippen LogP contribution in [0.25, 0.3) is 0 Å². The predicted octanol–water partition coefficient (Wildman–Crippen LogP) is 0.837. The molecule has 0 aliphatic carbocycles. The first kappa shape index (κ1) is 44.0. The standard InChI is InChI=1S/C43H55N7O7/c1-4-34(44-2)39(54)48-38-30(29-51)23-24-33-25-26-35(50(33)41(38)56)40(55)49-43(31-17-11-9-12-18-31,32-19-13-10-14-20-32)42(57)47-28-27-46-37(53)22-16-8-6-5-7-15-21-36(52)45-3/h9-14,17-20,30,33-35,38,44,51H,4,15-16,21-29H2,1-3H3,(H,45,52)(H,46,53)(H,47,57)(H,48,54)(H,49,55)/t30-,33+,34+,35+,38+/m1/s1. The van der Waals surface area contributed by atoms with Gasteiger partial charge in [0.05, 0.1) is 6.04 Å². The Balaban J connectivity index is 1.51. The molecule has 0 radical (unpaired) electrons. The molecule has 14 heteroatoms. The molecule has 5 atom stereocenters. The topological polar surface area (TPSA) is 198 Å². The van der Waals surface area contributed by atoms with Crippen LogP contribution in [0.2, 0.25) is 0 Å². The van der Waals surface area contributed by atoms with Crippen LogP contribution >= 0.6 is 0 Å². The summed E-state index contributed by atoms with van der Waals surface area (Å²) in [5.41, 5.74) is -0.752. The van der Waals surface area contributed by atoms with E-state index in [0.29, 0.717) is 56.1 Å². The maximum Gasteiger partial charge on any atom is 0.255 e. The number of nitrogens with one attached hydrogen (secondary N) is 6. The number of aliphatic hydroxyl groups is 1. The van der Waals surface area contributed by atoms with Crippen molar-refractivity contribution in [2.75, 3.05) is 33.8 Å². The molecule has 2 aliphatic heterocycles. The highest BCUT2D eigenvalue weighted by Crippen LogP contribution is 2.36. The van der Waals surface area contributed by atoms with Gasteiger partial charge in [0.1, 0.15) is 12.1 Å². The summed E-state index contributed by atoms with van der Waals surface area (Å²) in [5, 5.41) is 27.4. The number of amides is 6. The Bertz CT molecular complexity index is 1790. The van der Waals surface area contributed by atoms with Crippen molar-refractivity contribution in [2.45, 2.75) is 94.4 Å². The van der Waals surface area contributed by atoms with Crippen molar-refractivity contribution < 1.29 is 33.9 Å². The number of carbonyl (C=O) groups excluding carboxylic acids is 6. The molecule has 0 spiro atoms. The van der Waals surface area contributed by atoms with E-state index in [1.54, 1.807) is 79.7 Å². The zero-order valence-corrected chi connectivity index (χ0v) is 33.0. The average molecular weight is 782 g/mol. The molecule has 2 heterocycles. The van der Waals surface area contributed by atoms with Crippen molar-refractivity contribution >= 4 is 35.4 Å². The van der Waals surface area contributed by atoms with E-state index in [-0.39, 0.29) is 56.3 Å². The molecule has 304 valence electrons. The fourth-order valence-electron chi connectivity index (χ4n) is 7.41. The predicted molar refractivity (Wildman–Crippen MR) is 214 cm³/mol. The van der Waals surface area contributed by atoms with E-state index >= 15 is 0 Å². The van der Waals surface area contributed by atoms with Crippen LogP contribution in [-0.2, 0) is 34.3 Å². The maximum absolute atomic E-state index is 14.6. The van der Waals surface area contributed by atoms with Gasteiger partial charge in [-0.3, -0.25) is 28.8 Å². The zero-order valence-electron chi connectivity index (χ0n) is 33.0. The van der Waals surface area contributed by atoms with E-state index in [1.165, 1.54) is 0 Å². The largest absolute Gasteiger partial charge is 0.396 e. The Kier molecular flexibility index (Phi) is 17.1. The molecular weight excluding hydrogens is 727 g/mol. The smallest absolute Gasteiger partial charge is 0.255 e. The van der Waals surface area contributed by atoms with Crippen LogP contribution in [-0.4, -0.2) is 103 Å². The first-order chi connectivity index (χ1) is 27.6. The van der Waals surface area contributed by atoms with Gasteiger partial charge in [-0.15, -0.1) is 0 Å². The lowest BCUT2D eigenvalue weighted by atomic mass is 9.81. The summed E-state index contributed by atoms with van der Waals surface area (Å²) in [6, 6.07) is 14.9. The minimum Gasteiger partial charge on any atom is -0.396 e. The Hall–Kier alpha value is -5.70. The van der Waals surface area contributed by atoms with Crippen molar-refractivity contribution in [3.63, 3.8) is 0 Å². The molecule has 6 amide bonds. The highest BCUT2D eigenvalue weighted by Gasteiger charge is 2.51. The SMILES string of the molecule is CC[C@H](NC)C(=O)N[C@@H]1C(=O)N2[C@@H](CC[C@@H]1CO)CC[C@H]2C(=O)NC(C(=O)NCCNC(=O)CCC#CC#CCCC(=O)NC)(c1ccccc1)c1ccccc1. The molecule has 0 saturated carbocycles. The molecule has 2 aromatic rings. The molecule has 2 aliphatic rings. The second-order valence-electron chi connectivity index (χ2n) is 14.1. The van der Waals surface area contributed by atoms with Crippen LogP contribution in [0.1, 0.15) is 75.8 Å². The van der Waals surface area contributed by atoms with E-state index in [0.717, 1.165) is 0 Å². The normalized spacial score (nSPS) is 19.2. The summed E-state index contributed by atoms with van der Waals surface area (Å²) >= 11 is 0. The van der Waals surface area contributed by atoms with E-state index in [2.05, 4.69) is 55.6 Å². The molecule has 57 heavy (non-hydrogen) atoms. The number of nitrogens with zero attached hydrogens (tertiary/aromatic N) is 1. The van der Waals surface area contributed by atoms with Gasteiger partial charge >= 0.3 is 0 Å². The Labute approximate surface area is 335 Å². The third kappa shape index (κ3) is 11.4. The molecule has 0 unspecified atom stereocenters. The van der Waals surface area contributed by atoms with E-state index in [4.69, 9.17) is 0 Å². The second-order valence-corrected chi connectivity index (χ2v) is 14.1. The Morgan fingerprint density at radius 2 is 1.40 bits per heavy atom. The molecule has 2 saturated heterocycles. The van der Waals surface area contributed by atoms with Gasteiger partial charge in [-0.1, -0.05) is 79.4 Å². The molecule has 2 aromatic carbocycles. The summed E-state index contributed by atoms with van der Waals surface area (Å²) in [7, 11) is 3.23. The van der Waals surface area contributed by atoms with Gasteiger partial charge in [0.25, 0.3) is 5.91 Å². The van der Waals surface area contributed by atoms with Crippen LogP contribution in [0.4, 0.5) is 0 Å². The second kappa shape index (κ2) is 22.1. The van der Waals surface area contributed by atoms with Crippen molar-refractivity contribution in [1.82, 2.24) is 36.8 Å². The van der Waals surface area contributed by atoms with Crippen molar-refractivity contribution in [3.8, 4) is 23.7 Å². The minimum atomic E-state index is -1.73. The van der Waals surface area contributed by atoms with Crippen molar-refractivity contribution in [1.29, 1.82) is 0 Å². The number of likely N-dealkylation sites (N-methyl/N-ethyl adjacent to an activating group) is 1. The number of aliphatic hydroxyl groups excluding tert-OH is 1. The molecule has 2 fully saturated rings. The lowest BCUT2D eigenvalue weighted by Crippen LogP contribution is -2.62. The van der Waals surface area contributed by atoms with Gasteiger partial charge in [0.2, 0.25) is 29.5 Å². The highest BCUT2D eigenvalue weighted by atomic mass is 16.3. The summed E-state index contributed by atoms with van der Waals surface area (Å²) in [5.74, 6) is 8.21. The summed E-state index contributed by atoms with van der Waals surface area (Å²) in [4.78, 5) is 82.0. The summed E-state index contributed by atoms with van der Waals surface area (Å²) in [6.45, 7) is 1.71. The molecule has 4 rings (SSSR count). The lowest BCUT2D eigenvalue weighted by molar-refractivity contribution is -0.145. The number of benzene rings is 2. The monoisotopic (exact) mass is 781 g/mol. The molecule has 7 N–H and O–H groups in total. The molecule has 14 nitrogen and oxygen atoms in total. The first-order valence-electron chi connectivity index (χ1n) is 19.7. The van der Waals surface area contributed by atoms with Crippen LogP contribution < -0.4 is 31.9 Å². The van der Waals surface area contributed by atoms with Crippen LogP contribution in [0.15, 0.2) is 60.7 Å². The van der Waals surface area contributed by atoms with Crippen LogP contribution in [0.3, 0.4) is 0 Å². The van der Waals surface area contributed by atoms with Crippen LogP contribution in [0.5, 0.6) is 0 Å². The van der Waals surface area contributed by atoms with Crippen molar-refractivity contribution in [3.05, 3.63) is 71.8 Å². The van der Waals surface area contributed by atoms with E-state index in [9.17, 15) is 33.9 Å². The maximum atomic E-state index is 14.6. The quantitative estimate of drug-likeness (QED) is 0.0906. The molecule has 0 bridgehead atoms. The number of rotatable bonds is 17. The Morgan fingerprint density at radius 3 is 1.96 bits per heavy atom. The molecular formula is C43H55N7O7. The number of carbonyl (C=O) groups is 6. The third-order valence-electron chi connectivity index (χ3n) is 10.5. The lowest BCUT2D eigenvalue weighted by Gasteiger charge is -2.37. The zero-order chi connectivity index (χ0) is 41.2. The van der Waals surface area contributed by atoms with Crippen LogP contribution in [0, 0.1) is 29.6 Å². The molecule has 0 aromatic heterocycles. The van der Waals surface area contributed by atoms with E-state index < -0.39 is 47.3 Å². The first-order valence-corrected chi connectivity index (χ1v) is 19.7. The fraction of sp³-hybridized carbons (Fsp3) is 0.488. The van der Waals surface area contributed by atoms with Gasteiger partial charge in [-0.25, -0.2) is 0 Å². The third-order valence-corrected chi connectivity index (χ3v) is 10.5. The minimum absolute atomic E-state index is 0.0514. The average Bonchev–Trinajstić information content (AvgIpc) is 3.61. The Morgan fingerprint density at radius 1 is 0.825 bits per heavy atom. The van der Waals surface area contributed by atoms with Gasteiger partial charge in [-0.05, 0) is 62.1 Å². The van der Waals surface area contributed by atoms with E-state index in [1.807, 2.05) is 6.92 Å². The van der Waals surface area contributed by atoms with Gasteiger partial charge in [0, 0.05) is 64.4 Å². The fourth-order valence-corrected chi connectivity index (χ4v) is 7.41. The van der Waals surface area contributed by atoms with Gasteiger partial charge in [-0.2, -0.15) is 0 Å². The number of hydrogen-bond acceptors (Lipinski definition) is 8.